The number of sulfonamides is 2. The number of imidazole rings is 2. The number of ether oxygens (including phenoxy) is 2. The molecule has 0 saturated heterocycles. The standard InChI is InChI=1S/C81H108N22O23S2/c1-48-38-56(39-49(2)71(48)127(121,122)100-61(78(117)118)46-93-73(112)52-13-18-63-54(42-52)44-95-102(63)34-32-91-80-87-28-29-88-80)125-36-8-11-65(104)83-24-25-85-67(106)20-15-58(98-77(116)60(17-22-70(110)111)99-76(115)59(16-21-69(108)109)97-68(107)10-6-5-7-23-82)75(114)86-27-26-84-66(105)12-9-37-126-57-40-50(3)72(51(4)41-57)128(123,124)101-62(79(119)120)47-94-74(113)53-14-19-64-55(43-53)45-96-103(64)35-33-92-81-89-30-31-90-81/h13-14,18-19,28-31,38-45,58-62,100-101H,5-12,15-17,20-27,32-37,46-47,82H2,1-4H3,(H,83,104)(H,84,105)(H,85,106)(H,86,114)(H,93,112)(H,94,113)(H,97,107)(H,98,116)(H,99,115)(H,108,109)(H,110,111)(H,117,118)(H,119,120)(H2,87,88,91)(H2,89,90,92). The second-order valence-electron chi connectivity index (χ2n) is 29.7. The molecule has 0 aliphatic heterocycles. The third-order valence-electron chi connectivity index (χ3n) is 19.7. The van der Waals surface area contributed by atoms with E-state index in [0.29, 0.717) is 74.7 Å². The molecule has 8 aromatic rings. The van der Waals surface area contributed by atoms with Gasteiger partial charge in [0.15, 0.2) is 11.9 Å². The number of carbonyl (C=O) groups is 13. The number of unbranched alkanes of at least 4 members (excludes halogenated alkanes) is 2. The molecule has 4 aromatic heterocycles. The smallest absolute Gasteiger partial charge is 0.323 e. The number of aryl methyl sites for hydroxylation is 4. The van der Waals surface area contributed by atoms with E-state index >= 15 is 0 Å². The maximum Gasteiger partial charge on any atom is 0.323 e. The fraction of sp³-hybridized carbons (Fsp3) is 0.444. The van der Waals surface area contributed by atoms with Gasteiger partial charge in [0.1, 0.15) is 41.7 Å². The predicted octanol–water partition coefficient (Wildman–Crippen LogP) is 0.579. The Morgan fingerprint density at radius 3 is 1.23 bits per heavy atom. The molecule has 0 bridgehead atoms. The third kappa shape index (κ3) is 31.8. The van der Waals surface area contributed by atoms with Gasteiger partial charge in [-0.05, 0) is 162 Å². The van der Waals surface area contributed by atoms with E-state index < -0.39 is 179 Å². The van der Waals surface area contributed by atoms with E-state index in [1.165, 1.54) is 64.1 Å². The van der Waals surface area contributed by atoms with Gasteiger partial charge in [0.05, 0.1) is 59.5 Å². The number of aromatic nitrogens is 8. The van der Waals surface area contributed by atoms with Gasteiger partial charge in [-0.15, -0.1) is 0 Å². The molecule has 4 heterocycles. The van der Waals surface area contributed by atoms with Crippen LogP contribution in [0.2, 0.25) is 0 Å². The van der Waals surface area contributed by atoms with E-state index in [2.05, 4.69) is 98.1 Å². The van der Waals surface area contributed by atoms with Crippen LogP contribution in [0.4, 0.5) is 11.9 Å². The summed E-state index contributed by atoms with van der Waals surface area (Å²) in [5, 5.41) is 78.2. The number of H-pyrrole nitrogens is 2. The van der Waals surface area contributed by atoms with E-state index in [1.807, 2.05) is 0 Å². The highest BCUT2D eigenvalue weighted by Crippen LogP contribution is 2.29. The first-order valence-electron chi connectivity index (χ1n) is 41.1. The largest absolute Gasteiger partial charge is 0.494 e. The number of fused-ring (bicyclic) bond motifs is 2. The minimum atomic E-state index is -4.54. The first kappa shape index (κ1) is 99.8. The maximum atomic E-state index is 14.1. The average Bonchev–Trinajstić information content (AvgIpc) is 1.42. The number of hydrogen-bond donors (Lipinski definition) is 20. The van der Waals surface area contributed by atoms with Crippen molar-refractivity contribution in [1.82, 2.24) is 96.8 Å². The van der Waals surface area contributed by atoms with Crippen LogP contribution in [0.3, 0.4) is 0 Å². The molecule has 45 nitrogen and oxygen atoms in total. The molecule has 8 rings (SSSR count). The van der Waals surface area contributed by atoms with Gasteiger partial charge in [-0.3, -0.25) is 71.7 Å². The lowest BCUT2D eigenvalue weighted by Crippen LogP contribution is -2.57. The summed E-state index contributed by atoms with van der Waals surface area (Å²) in [5.41, 5.74) is 8.12. The zero-order valence-corrected chi connectivity index (χ0v) is 72.5. The Kier molecular flexibility index (Phi) is 38.4. The van der Waals surface area contributed by atoms with Gasteiger partial charge in [-0.25, -0.2) is 26.8 Å². The number of anilines is 2. The highest BCUT2D eigenvalue weighted by atomic mass is 32.2. The molecular formula is C81H108N22O23S2. The molecule has 5 atom stereocenters. The van der Waals surface area contributed by atoms with Gasteiger partial charge in [0.2, 0.25) is 61.4 Å². The van der Waals surface area contributed by atoms with Crippen molar-refractivity contribution < 1.29 is 109 Å². The summed E-state index contributed by atoms with van der Waals surface area (Å²) in [5.74, 6) is -10.8. The van der Waals surface area contributed by atoms with E-state index in [1.54, 1.807) is 70.8 Å². The monoisotopic (exact) mass is 1820 g/mol. The molecule has 47 heteroatoms. The fourth-order valence-electron chi connectivity index (χ4n) is 13.4. The fourth-order valence-corrected chi connectivity index (χ4v) is 16.7. The quantitative estimate of drug-likeness (QED) is 0.0232. The number of carboxylic acids is 4. The molecule has 9 amide bonds. The number of amides is 9. The topological polar surface area (TPSA) is 665 Å². The van der Waals surface area contributed by atoms with Crippen molar-refractivity contribution in [2.24, 2.45) is 5.73 Å². The molecule has 0 aliphatic carbocycles. The highest BCUT2D eigenvalue weighted by molar-refractivity contribution is 7.90. The number of nitrogens with one attached hydrogen (secondary N) is 15. The summed E-state index contributed by atoms with van der Waals surface area (Å²) in [6.45, 7) is 6.26. The normalized spacial score (nSPS) is 12.6. The van der Waals surface area contributed by atoms with Crippen LogP contribution in [-0.2, 0) is 85.9 Å². The average molecular weight is 1820 g/mol. The van der Waals surface area contributed by atoms with Gasteiger partial charge in [0, 0.05) is 138 Å². The highest BCUT2D eigenvalue weighted by Gasteiger charge is 2.34. The zero-order valence-electron chi connectivity index (χ0n) is 70.8. The molecule has 128 heavy (non-hydrogen) atoms. The Hall–Kier alpha value is -13.7. The molecule has 0 saturated carbocycles. The lowest BCUT2D eigenvalue weighted by Gasteiger charge is -2.25. The van der Waals surface area contributed by atoms with Gasteiger partial charge >= 0.3 is 23.9 Å². The summed E-state index contributed by atoms with van der Waals surface area (Å²) in [4.78, 5) is 182. The lowest BCUT2D eigenvalue weighted by molar-refractivity contribution is -0.140. The van der Waals surface area contributed by atoms with Crippen molar-refractivity contribution in [2.45, 2.75) is 171 Å². The van der Waals surface area contributed by atoms with Gasteiger partial charge in [0.25, 0.3) is 11.8 Å². The SMILES string of the molecule is Cc1cc(OCCCC(=O)NCCNC(=O)CCC(NC(=O)C(CCC(=O)O)NC(=O)C(CCC(=O)O)NC(=O)CCCCCN)C(=O)NCCNC(=O)CCCOc2cc(C)c(S(=O)(=O)NC(CNC(=O)c3ccc4c(cnn4CCNc4ncc[nH]4)c3)C(=O)O)c(C)c2)cc(C)c1S(=O)(=O)NC(CNC(=O)c1ccc2c(cnn2CCNc2ncc[nH]2)c1)C(=O)O. The van der Waals surface area contributed by atoms with Crippen LogP contribution in [0.1, 0.15) is 133 Å². The van der Waals surface area contributed by atoms with Gasteiger partial charge in [-0.1, -0.05) is 6.42 Å². The molecule has 0 aliphatic rings. The number of carboxylic acid groups (broad SMARTS) is 4. The summed E-state index contributed by atoms with van der Waals surface area (Å²) in [6.07, 6.45) is 8.19. The van der Waals surface area contributed by atoms with Crippen LogP contribution in [0, 0.1) is 27.7 Å². The zero-order chi connectivity index (χ0) is 93.0. The van der Waals surface area contributed by atoms with Crippen molar-refractivity contribution in [3.8, 4) is 11.5 Å². The Balaban J connectivity index is 0.785. The first-order valence-corrected chi connectivity index (χ1v) is 44.1. The van der Waals surface area contributed by atoms with Crippen LogP contribution in [0.5, 0.6) is 11.5 Å². The van der Waals surface area contributed by atoms with Crippen molar-refractivity contribution in [3.63, 3.8) is 0 Å². The van der Waals surface area contributed by atoms with Crippen LogP contribution in [0.25, 0.3) is 21.8 Å². The molecular weight excluding hydrogens is 1710 g/mol. The summed E-state index contributed by atoms with van der Waals surface area (Å²) >= 11 is 0. The van der Waals surface area contributed by atoms with Crippen LogP contribution >= 0.6 is 0 Å². The predicted molar refractivity (Wildman–Crippen MR) is 461 cm³/mol. The van der Waals surface area contributed by atoms with Crippen molar-refractivity contribution >= 4 is 131 Å². The van der Waals surface area contributed by atoms with E-state index in [-0.39, 0.29) is 126 Å². The first-order chi connectivity index (χ1) is 61.1. The number of nitrogens with two attached hydrogens (primary N) is 1. The Labute approximate surface area is 735 Å². The molecule has 21 N–H and O–H groups in total. The Bertz CT molecular complexity index is 5410. The minimum absolute atomic E-state index is 0.0162. The van der Waals surface area contributed by atoms with Gasteiger partial charge < -0.3 is 104 Å². The number of aliphatic carboxylic acids is 4. The minimum Gasteiger partial charge on any atom is -0.494 e. The number of nitrogens with zero attached hydrogens (tertiary/aromatic N) is 6. The van der Waals surface area contributed by atoms with Crippen molar-refractivity contribution in [2.75, 3.05) is 82.8 Å². The number of aromatic amines is 2. The van der Waals surface area contributed by atoms with Crippen LogP contribution in [0.15, 0.2) is 108 Å². The second kappa shape index (κ2) is 49.3. The maximum absolute atomic E-state index is 14.1. The molecule has 0 spiro atoms. The van der Waals surface area contributed by atoms with E-state index in [0.717, 1.165) is 11.0 Å². The Morgan fingerprint density at radius 2 is 0.828 bits per heavy atom. The van der Waals surface area contributed by atoms with Crippen molar-refractivity contribution in [3.05, 3.63) is 131 Å². The van der Waals surface area contributed by atoms with E-state index in [4.69, 9.17) is 15.2 Å². The van der Waals surface area contributed by atoms with E-state index in [9.17, 15) is 99.6 Å². The lowest BCUT2D eigenvalue weighted by atomic mass is 10.1. The summed E-state index contributed by atoms with van der Waals surface area (Å²) in [7, 11) is -9.06. The van der Waals surface area contributed by atoms with Gasteiger partial charge in [-0.2, -0.15) is 19.6 Å². The Morgan fingerprint density at radius 1 is 0.438 bits per heavy atom. The summed E-state index contributed by atoms with van der Waals surface area (Å²) < 4.78 is 74.6. The number of hydrogen-bond acceptors (Lipinski definition) is 26. The third-order valence-corrected chi connectivity index (χ3v) is 23.2. The van der Waals surface area contributed by atoms with Crippen LogP contribution in [-0.4, -0.2) is 256 Å². The molecule has 4 aromatic carbocycles. The number of rotatable bonds is 58. The molecule has 0 radical (unpaired) electrons. The summed E-state index contributed by atoms with van der Waals surface area (Å²) in [6, 6.07) is 6.87. The van der Waals surface area contributed by atoms with Crippen LogP contribution < -0.4 is 83.1 Å². The number of benzene rings is 4. The number of carbonyl (C=O) groups excluding carboxylic acids is 9. The molecule has 0 fully saturated rings. The molecule has 5 unspecified atom stereocenters. The van der Waals surface area contributed by atoms with Crippen molar-refractivity contribution in [1.29, 1.82) is 0 Å². The molecule has 692 valence electrons. The second-order valence-corrected chi connectivity index (χ2v) is 33.0.